The topological polar surface area (TPSA) is 72.2 Å². The second-order valence-corrected chi connectivity index (χ2v) is 6.60. The molecule has 0 fully saturated rings. The van der Waals surface area contributed by atoms with Gasteiger partial charge in [-0.15, -0.1) is 0 Å². The Kier molecular flexibility index (Phi) is 3.74. The van der Waals surface area contributed by atoms with E-state index < -0.39 is 20.7 Å². The van der Waals surface area contributed by atoms with Crippen molar-refractivity contribution in [1.82, 2.24) is 4.72 Å². The number of sulfonamides is 1. The maximum absolute atomic E-state index is 13.7. The molecule has 2 rings (SSSR count). The lowest BCUT2D eigenvalue weighted by molar-refractivity contribution is 0.540. The number of halogens is 2. The van der Waals surface area contributed by atoms with E-state index in [9.17, 15) is 12.8 Å². The van der Waals surface area contributed by atoms with E-state index in [2.05, 4.69) is 20.7 Å². The van der Waals surface area contributed by atoms with Crippen LogP contribution in [0.1, 0.15) is 12.8 Å². The lowest BCUT2D eigenvalue weighted by Crippen LogP contribution is -2.33. The zero-order valence-corrected chi connectivity index (χ0v) is 11.8. The first-order valence-corrected chi connectivity index (χ1v) is 7.59. The molecule has 7 heteroatoms. The summed E-state index contributed by atoms with van der Waals surface area (Å²) < 4.78 is 40.5. The minimum atomic E-state index is -3.88. The zero-order valence-electron chi connectivity index (χ0n) is 9.36. The molecular weight excluding hydrogens is 323 g/mol. The van der Waals surface area contributed by atoms with Gasteiger partial charge in [0.2, 0.25) is 10.0 Å². The largest absolute Gasteiger partial charge is 0.398 e. The first-order valence-electron chi connectivity index (χ1n) is 5.32. The summed E-state index contributed by atoms with van der Waals surface area (Å²) in [5.41, 5.74) is 5.76. The Morgan fingerprint density at radius 3 is 2.56 bits per heavy atom. The van der Waals surface area contributed by atoms with Crippen LogP contribution in [0.3, 0.4) is 0 Å². The summed E-state index contributed by atoms with van der Waals surface area (Å²) in [6, 6.07) is 1.96. The number of anilines is 1. The van der Waals surface area contributed by atoms with Crippen molar-refractivity contribution in [3.05, 3.63) is 34.6 Å². The number of rotatable bonds is 3. The highest BCUT2D eigenvalue weighted by molar-refractivity contribution is 9.10. The Bertz CT molecular complexity index is 593. The fourth-order valence-corrected chi connectivity index (χ4v) is 3.42. The van der Waals surface area contributed by atoms with Gasteiger partial charge in [-0.3, -0.25) is 0 Å². The van der Waals surface area contributed by atoms with Crippen molar-refractivity contribution >= 4 is 31.6 Å². The molecule has 1 aromatic carbocycles. The van der Waals surface area contributed by atoms with Gasteiger partial charge in [-0.1, -0.05) is 12.2 Å². The van der Waals surface area contributed by atoms with E-state index in [1.54, 1.807) is 0 Å². The second-order valence-electron chi connectivity index (χ2n) is 4.07. The third-order valence-electron chi connectivity index (χ3n) is 2.67. The second kappa shape index (κ2) is 4.99. The molecule has 0 heterocycles. The lowest BCUT2D eigenvalue weighted by Gasteiger charge is -2.13. The van der Waals surface area contributed by atoms with Crippen LogP contribution in [-0.2, 0) is 10.0 Å². The molecule has 1 aliphatic rings. The molecule has 0 radical (unpaired) electrons. The summed E-state index contributed by atoms with van der Waals surface area (Å²) in [5.74, 6) is -0.825. The Morgan fingerprint density at radius 1 is 1.33 bits per heavy atom. The van der Waals surface area contributed by atoms with Crippen LogP contribution >= 0.6 is 15.9 Å². The van der Waals surface area contributed by atoms with Crippen molar-refractivity contribution < 1.29 is 12.8 Å². The highest BCUT2D eigenvalue weighted by Gasteiger charge is 2.24. The number of nitrogens with one attached hydrogen (secondary N) is 1. The molecule has 0 spiro atoms. The number of nitrogen functional groups attached to an aromatic ring is 1. The molecule has 0 aliphatic heterocycles. The number of hydrogen-bond acceptors (Lipinski definition) is 3. The summed E-state index contributed by atoms with van der Waals surface area (Å²) in [4.78, 5) is -0.421. The number of nitrogens with two attached hydrogens (primary N) is 1. The van der Waals surface area contributed by atoms with E-state index in [-0.39, 0.29) is 11.7 Å². The van der Waals surface area contributed by atoms with Gasteiger partial charge in [0.25, 0.3) is 0 Å². The molecule has 18 heavy (non-hydrogen) atoms. The van der Waals surface area contributed by atoms with Crippen molar-refractivity contribution in [2.75, 3.05) is 5.73 Å². The van der Waals surface area contributed by atoms with Gasteiger partial charge in [0.1, 0.15) is 10.7 Å². The van der Waals surface area contributed by atoms with Crippen LogP contribution in [0.5, 0.6) is 0 Å². The van der Waals surface area contributed by atoms with E-state index in [0.717, 1.165) is 12.1 Å². The molecule has 3 N–H and O–H groups in total. The van der Waals surface area contributed by atoms with Crippen LogP contribution in [0.15, 0.2) is 33.7 Å². The van der Waals surface area contributed by atoms with Gasteiger partial charge >= 0.3 is 0 Å². The van der Waals surface area contributed by atoms with Gasteiger partial charge in [0, 0.05) is 16.2 Å². The van der Waals surface area contributed by atoms with Gasteiger partial charge in [-0.2, -0.15) is 0 Å². The van der Waals surface area contributed by atoms with Crippen LogP contribution in [0.25, 0.3) is 0 Å². The van der Waals surface area contributed by atoms with Crippen molar-refractivity contribution in [3.63, 3.8) is 0 Å². The van der Waals surface area contributed by atoms with Crippen LogP contribution in [0.4, 0.5) is 10.1 Å². The summed E-state index contributed by atoms with van der Waals surface area (Å²) in [5, 5.41) is 0. The average molecular weight is 335 g/mol. The normalized spacial score (nSPS) is 16.3. The highest BCUT2D eigenvalue weighted by atomic mass is 79.9. The Morgan fingerprint density at radius 2 is 1.94 bits per heavy atom. The van der Waals surface area contributed by atoms with Gasteiger partial charge in [0.15, 0.2) is 0 Å². The molecule has 0 amide bonds. The predicted octanol–water partition coefficient (Wildman–Crippen LogP) is 2.17. The molecule has 1 aromatic rings. The van der Waals surface area contributed by atoms with Gasteiger partial charge in [-0.25, -0.2) is 17.5 Å². The maximum Gasteiger partial charge on any atom is 0.243 e. The van der Waals surface area contributed by atoms with Crippen LogP contribution in [0, 0.1) is 5.82 Å². The minimum Gasteiger partial charge on any atom is -0.398 e. The van der Waals surface area contributed by atoms with E-state index in [1.165, 1.54) is 0 Å². The molecule has 0 atom stereocenters. The number of hydrogen-bond donors (Lipinski definition) is 2. The van der Waals surface area contributed by atoms with Crippen molar-refractivity contribution in [2.45, 2.75) is 23.8 Å². The van der Waals surface area contributed by atoms with Crippen LogP contribution < -0.4 is 10.5 Å². The molecule has 0 bridgehead atoms. The van der Waals surface area contributed by atoms with E-state index in [1.807, 2.05) is 12.2 Å². The third-order valence-corrected chi connectivity index (χ3v) is 4.89. The minimum absolute atomic E-state index is 0.182. The summed E-state index contributed by atoms with van der Waals surface area (Å²) in [6.45, 7) is 0. The van der Waals surface area contributed by atoms with Gasteiger partial charge in [-0.05, 0) is 40.9 Å². The lowest BCUT2D eigenvalue weighted by atomic mass is 10.3. The van der Waals surface area contributed by atoms with E-state index >= 15 is 0 Å². The standard InChI is InChI=1S/C11H12BrFN2O2S/c12-8-5-9(13)11(6-10(8)14)18(16,17)15-7-3-1-2-4-7/h1-2,5-7,15H,3-4,14H2. The Balaban J connectivity index is 2.32. The fraction of sp³-hybridized carbons (Fsp3) is 0.273. The molecule has 98 valence electrons. The van der Waals surface area contributed by atoms with E-state index in [0.29, 0.717) is 17.3 Å². The monoisotopic (exact) mass is 334 g/mol. The smallest absolute Gasteiger partial charge is 0.243 e. The van der Waals surface area contributed by atoms with Gasteiger partial charge < -0.3 is 5.73 Å². The molecule has 1 aliphatic carbocycles. The summed E-state index contributed by atoms with van der Waals surface area (Å²) >= 11 is 3.04. The summed E-state index contributed by atoms with van der Waals surface area (Å²) in [7, 11) is -3.88. The first kappa shape index (κ1) is 13.5. The quantitative estimate of drug-likeness (QED) is 0.657. The molecule has 0 saturated heterocycles. The Hall–Kier alpha value is -0.920. The van der Waals surface area contributed by atoms with Crippen molar-refractivity contribution in [1.29, 1.82) is 0 Å². The van der Waals surface area contributed by atoms with Crippen LogP contribution in [0.2, 0.25) is 0 Å². The van der Waals surface area contributed by atoms with Crippen molar-refractivity contribution in [2.24, 2.45) is 0 Å². The summed E-state index contributed by atoms with van der Waals surface area (Å²) in [6.07, 6.45) is 5.01. The molecular formula is C11H12BrFN2O2S. The SMILES string of the molecule is Nc1cc(S(=O)(=O)NC2CC=CC2)c(F)cc1Br. The van der Waals surface area contributed by atoms with Gasteiger partial charge in [0.05, 0.1) is 0 Å². The Labute approximate surface area is 113 Å². The third kappa shape index (κ3) is 2.73. The highest BCUT2D eigenvalue weighted by Crippen LogP contribution is 2.26. The van der Waals surface area contributed by atoms with Crippen LogP contribution in [-0.4, -0.2) is 14.5 Å². The fourth-order valence-electron chi connectivity index (χ4n) is 1.75. The molecule has 0 aromatic heterocycles. The maximum atomic E-state index is 13.7. The average Bonchev–Trinajstić information content (AvgIpc) is 2.75. The predicted molar refractivity (Wildman–Crippen MR) is 71.0 cm³/mol. The zero-order chi connectivity index (χ0) is 13.3. The first-order chi connectivity index (χ1) is 8.40. The molecule has 4 nitrogen and oxygen atoms in total. The van der Waals surface area contributed by atoms with Crippen molar-refractivity contribution in [3.8, 4) is 0 Å². The number of benzene rings is 1. The molecule has 0 unspecified atom stereocenters. The molecule has 0 saturated carbocycles. The van der Waals surface area contributed by atoms with E-state index in [4.69, 9.17) is 5.73 Å².